The molecular formula is C29H33ClN4O4. The molecule has 2 fully saturated rings. The fraction of sp³-hybridized carbons (Fsp3) is 0.345. The quantitative estimate of drug-likeness (QED) is 0.385. The van der Waals surface area contributed by atoms with Gasteiger partial charge < -0.3 is 30.8 Å². The number of amides is 2. The summed E-state index contributed by atoms with van der Waals surface area (Å²) in [7, 11) is 0. The first-order chi connectivity index (χ1) is 18.4. The van der Waals surface area contributed by atoms with Crippen LogP contribution in [0.2, 0.25) is 5.02 Å². The van der Waals surface area contributed by atoms with Gasteiger partial charge in [0.15, 0.2) is 6.61 Å². The molecule has 0 saturated carbocycles. The van der Waals surface area contributed by atoms with Crippen LogP contribution < -0.4 is 10.5 Å². The topological polar surface area (TPSA) is 120 Å². The predicted octanol–water partition coefficient (Wildman–Crippen LogP) is 4.45. The zero-order valence-electron chi connectivity index (χ0n) is 21.2. The summed E-state index contributed by atoms with van der Waals surface area (Å²) in [6.45, 7) is 4.25. The van der Waals surface area contributed by atoms with E-state index in [0.717, 1.165) is 42.3 Å². The largest absolute Gasteiger partial charge is 0.506 e. The summed E-state index contributed by atoms with van der Waals surface area (Å²) in [5.74, 6) is 0.167. The number of nitrogens with two attached hydrogens (primary N) is 1. The molecule has 0 bridgehead atoms. The van der Waals surface area contributed by atoms with E-state index in [-0.39, 0.29) is 28.8 Å². The first-order valence-corrected chi connectivity index (χ1v) is 13.2. The Balaban J connectivity index is 0.000000257. The summed E-state index contributed by atoms with van der Waals surface area (Å²) in [5.41, 5.74) is 6.09. The molecule has 0 spiro atoms. The van der Waals surface area contributed by atoms with E-state index in [0.29, 0.717) is 11.8 Å². The summed E-state index contributed by atoms with van der Waals surface area (Å²) >= 11 is 5.50. The van der Waals surface area contributed by atoms with Gasteiger partial charge in [-0.05, 0) is 74.5 Å². The van der Waals surface area contributed by atoms with Crippen molar-refractivity contribution < 1.29 is 19.4 Å². The molecule has 2 aliphatic rings. The van der Waals surface area contributed by atoms with Crippen LogP contribution in [-0.2, 0) is 4.79 Å². The van der Waals surface area contributed by atoms with Crippen LogP contribution in [0.25, 0.3) is 10.8 Å². The maximum absolute atomic E-state index is 12.8. The monoisotopic (exact) mass is 536 g/mol. The van der Waals surface area contributed by atoms with E-state index in [1.54, 1.807) is 0 Å². The average molecular weight is 537 g/mol. The van der Waals surface area contributed by atoms with Gasteiger partial charge in [0.25, 0.3) is 5.91 Å². The number of halogens is 1. The van der Waals surface area contributed by atoms with Gasteiger partial charge in [-0.3, -0.25) is 9.59 Å². The Morgan fingerprint density at radius 1 is 1.05 bits per heavy atom. The van der Waals surface area contributed by atoms with Crippen molar-refractivity contribution in [2.75, 3.05) is 32.8 Å². The van der Waals surface area contributed by atoms with Crippen molar-refractivity contribution in [3.63, 3.8) is 0 Å². The highest BCUT2D eigenvalue weighted by atomic mass is 35.5. The average Bonchev–Trinajstić information content (AvgIpc) is 3.61. The zero-order chi connectivity index (χ0) is 27.1. The highest BCUT2D eigenvalue weighted by molar-refractivity contribution is 6.32. The second-order valence-electron chi connectivity index (χ2n) is 9.55. The van der Waals surface area contributed by atoms with Gasteiger partial charge in [0, 0.05) is 41.9 Å². The molecule has 200 valence electrons. The number of likely N-dealkylation sites (tertiary alicyclic amines) is 2. The van der Waals surface area contributed by atoms with E-state index in [4.69, 9.17) is 32.6 Å². The van der Waals surface area contributed by atoms with E-state index in [1.807, 2.05) is 41.3 Å². The van der Waals surface area contributed by atoms with Crippen molar-refractivity contribution in [3.05, 3.63) is 70.7 Å². The Bertz CT molecular complexity index is 1310. The minimum atomic E-state index is -0.563. The van der Waals surface area contributed by atoms with Gasteiger partial charge in [-0.15, -0.1) is 0 Å². The van der Waals surface area contributed by atoms with Crippen molar-refractivity contribution in [2.45, 2.75) is 31.7 Å². The first-order valence-electron chi connectivity index (χ1n) is 12.8. The molecule has 0 aromatic heterocycles. The maximum Gasteiger partial charge on any atom is 0.260 e. The number of fused-ring (bicyclic) bond motifs is 1. The van der Waals surface area contributed by atoms with Gasteiger partial charge in [0.05, 0.1) is 5.02 Å². The van der Waals surface area contributed by atoms with Crippen molar-refractivity contribution in [1.82, 2.24) is 9.80 Å². The lowest BCUT2D eigenvalue weighted by atomic mass is 10.0. The smallest absolute Gasteiger partial charge is 0.260 e. The minimum Gasteiger partial charge on any atom is -0.506 e. The highest BCUT2D eigenvalue weighted by Crippen LogP contribution is 2.28. The molecule has 38 heavy (non-hydrogen) atoms. The molecule has 2 aliphatic heterocycles. The maximum atomic E-state index is 12.8. The molecule has 2 saturated heterocycles. The SMILES string of the molecule is N=Cc1ccc(OCC(=O)N2CCCC2CN2CCCC2)c2ccccc12.NC(=O)c1ccc(O)c(Cl)c1. The van der Waals surface area contributed by atoms with Crippen LogP contribution >= 0.6 is 11.6 Å². The van der Waals surface area contributed by atoms with Crippen LogP contribution in [0.5, 0.6) is 11.5 Å². The summed E-state index contributed by atoms with van der Waals surface area (Å²) in [5, 5.41) is 18.6. The lowest BCUT2D eigenvalue weighted by Gasteiger charge is -2.28. The summed E-state index contributed by atoms with van der Waals surface area (Å²) in [6, 6.07) is 16.0. The van der Waals surface area contributed by atoms with E-state index >= 15 is 0 Å². The van der Waals surface area contributed by atoms with Gasteiger partial charge in [0.2, 0.25) is 5.91 Å². The van der Waals surface area contributed by atoms with E-state index in [1.165, 1.54) is 50.3 Å². The Hall–Kier alpha value is -3.62. The number of phenols is 1. The highest BCUT2D eigenvalue weighted by Gasteiger charge is 2.31. The Morgan fingerprint density at radius 3 is 2.47 bits per heavy atom. The molecule has 9 heteroatoms. The molecule has 0 aliphatic carbocycles. The number of hydrogen-bond donors (Lipinski definition) is 3. The van der Waals surface area contributed by atoms with Crippen LogP contribution in [0.15, 0.2) is 54.6 Å². The predicted molar refractivity (Wildman–Crippen MR) is 149 cm³/mol. The number of nitrogens with zero attached hydrogens (tertiary/aromatic N) is 2. The molecule has 5 rings (SSSR count). The van der Waals surface area contributed by atoms with Crippen molar-refractivity contribution >= 4 is 40.4 Å². The standard InChI is InChI=1S/C22H27N3O2.C7H6ClNO2/c23-14-17-9-10-21(20-8-2-1-7-19(17)20)27-16-22(26)25-13-5-6-18(25)15-24-11-3-4-12-24;8-5-3-4(7(9)11)1-2-6(5)10/h1-2,7-10,14,18,23H,3-6,11-13,15-16H2;1-3,10H,(H2,9,11). The third kappa shape index (κ3) is 6.62. The second-order valence-corrected chi connectivity index (χ2v) is 9.96. The second kappa shape index (κ2) is 12.8. The first kappa shape index (κ1) is 27.4. The van der Waals surface area contributed by atoms with Crippen LogP contribution in [0.4, 0.5) is 0 Å². The van der Waals surface area contributed by atoms with E-state index in [9.17, 15) is 9.59 Å². The van der Waals surface area contributed by atoms with Gasteiger partial charge in [-0.25, -0.2) is 0 Å². The molecule has 1 atom stereocenters. The van der Waals surface area contributed by atoms with Crippen molar-refractivity contribution in [1.29, 1.82) is 5.41 Å². The van der Waals surface area contributed by atoms with Gasteiger partial charge in [-0.1, -0.05) is 35.9 Å². The molecule has 2 heterocycles. The number of hydrogen-bond acceptors (Lipinski definition) is 6. The number of carbonyl (C=O) groups is 2. The normalized spacial score (nSPS) is 17.2. The third-order valence-corrected chi connectivity index (χ3v) is 7.32. The summed E-state index contributed by atoms with van der Waals surface area (Å²) in [4.78, 5) is 27.9. The van der Waals surface area contributed by atoms with Gasteiger partial charge >= 0.3 is 0 Å². The number of carbonyl (C=O) groups excluding carboxylic acids is 2. The Labute approximate surface area is 227 Å². The number of rotatable bonds is 7. The lowest BCUT2D eigenvalue weighted by molar-refractivity contribution is -0.134. The van der Waals surface area contributed by atoms with Crippen molar-refractivity contribution in [3.8, 4) is 11.5 Å². The van der Waals surface area contributed by atoms with E-state index < -0.39 is 5.91 Å². The van der Waals surface area contributed by atoms with Crippen LogP contribution in [-0.4, -0.2) is 71.8 Å². The van der Waals surface area contributed by atoms with Gasteiger partial charge in [0.1, 0.15) is 11.5 Å². The molecule has 3 aromatic rings. The minimum absolute atomic E-state index is 0.0586. The lowest BCUT2D eigenvalue weighted by Crippen LogP contribution is -2.44. The molecule has 8 nitrogen and oxygen atoms in total. The van der Waals surface area contributed by atoms with Crippen LogP contribution in [0, 0.1) is 5.41 Å². The van der Waals surface area contributed by atoms with Crippen LogP contribution in [0.3, 0.4) is 0 Å². The fourth-order valence-electron chi connectivity index (χ4n) is 5.05. The molecule has 4 N–H and O–H groups in total. The Morgan fingerprint density at radius 2 is 1.79 bits per heavy atom. The zero-order valence-corrected chi connectivity index (χ0v) is 22.0. The third-order valence-electron chi connectivity index (χ3n) is 7.02. The number of aromatic hydroxyl groups is 1. The summed E-state index contributed by atoms with van der Waals surface area (Å²) < 4.78 is 5.93. The molecule has 0 radical (unpaired) electrons. The Kier molecular flexibility index (Phi) is 9.20. The number of ether oxygens (including phenoxy) is 1. The van der Waals surface area contributed by atoms with Gasteiger partial charge in [-0.2, -0.15) is 0 Å². The summed E-state index contributed by atoms with van der Waals surface area (Å²) in [6.07, 6.45) is 6.09. The molecule has 2 amide bonds. The molecule has 1 unspecified atom stereocenters. The number of phenolic OH excluding ortho intramolecular Hbond substituents is 1. The number of nitrogens with one attached hydrogen (secondary N) is 1. The molecule has 3 aromatic carbocycles. The number of benzene rings is 3. The van der Waals surface area contributed by atoms with E-state index in [2.05, 4.69) is 4.90 Å². The fourth-order valence-corrected chi connectivity index (χ4v) is 5.23. The van der Waals surface area contributed by atoms with Crippen LogP contribution in [0.1, 0.15) is 41.6 Å². The number of primary amides is 1. The molecular weight excluding hydrogens is 504 g/mol. The van der Waals surface area contributed by atoms with Crippen molar-refractivity contribution in [2.24, 2.45) is 5.73 Å².